The molecule has 0 aliphatic carbocycles. The van der Waals surface area contributed by atoms with Gasteiger partial charge in [0.1, 0.15) is 5.82 Å². The third kappa shape index (κ3) is 2.37. The van der Waals surface area contributed by atoms with E-state index in [-0.39, 0.29) is 11.7 Å². The number of benzene rings is 1. The number of halogens is 1. The molecule has 1 aromatic rings. The van der Waals surface area contributed by atoms with Crippen LogP contribution in [-0.4, -0.2) is 26.0 Å². The Morgan fingerprint density at radius 3 is 2.84 bits per heavy atom. The largest absolute Gasteiger partial charge is 0.317 e. The van der Waals surface area contributed by atoms with Crippen molar-refractivity contribution < 1.29 is 9.18 Å². The third-order valence-electron chi connectivity index (χ3n) is 4.24. The molecule has 1 amide bonds. The molecule has 1 saturated heterocycles. The van der Waals surface area contributed by atoms with Gasteiger partial charge in [-0.2, -0.15) is 0 Å². The zero-order chi connectivity index (χ0) is 13.4. The lowest BCUT2D eigenvalue weighted by molar-refractivity contribution is -0.117. The van der Waals surface area contributed by atoms with E-state index in [4.69, 9.17) is 0 Å². The number of carbonyl (C=O) groups excluding carboxylic acids is 1. The Morgan fingerprint density at radius 2 is 2.11 bits per heavy atom. The summed E-state index contributed by atoms with van der Waals surface area (Å²) >= 11 is 0. The van der Waals surface area contributed by atoms with Crippen LogP contribution in [0.1, 0.15) is 24.0 Å². The summed E-state index contributed by atoms with van der Waals surface area (Å²) < 4.78 is 14.1. The third-order valence-corrected chi connectivity index (χ3v) is 4.24. The van der Waals surface area contributed by atoms with Gasteiger partial charge in [0.25, 0.3) is 0 Å². The second-order valence-electron chi connectivity index (χ2n) is 5.61. The van der Waals surface area contributed by atoms with Crippen LogP contribution in [-0.2, 0) is 17.6 Å². The first kappa shape index (κ1) is 12.6. The molecule has 1 aromatic carbocycles. The van der Waals surface area contributed by atoms with E-state index in [0.29, 0.717) is 18.0 Å². The lowest BCUT2D eigenvalue weighted by atomic mass is 9.90. The highest BCUT2D eigenvalue weighted by atomic mass is 19.1. The second-order valence-corrected chi connectivity index (χ2v) is 5.61. The zero-order valence-corrected chi connectivity index (χ0v) is 11.2. The molecule has 0 bridgehead atoms. The van der Waals surface area contributed by atoms with Gasteiger partial charge in [0.05, 0.1) is 12.1 Å². The smallest absolute Gasteiger partial charge is 0.231 e. The van der Waals surface area contributed by atoms with E-state index >= 15 is 0 Å². The molecule has 0 atom stereocenters. The van der Waals surface area contributed by atoms with Gasteiger partial charge in [0.2, 0.25) is 5.91 Å². The number of fused-ring (bicyclic) bond motifs is 1. The lowest BCUT2D eigenvalue weighted by Crippen LogP contribution is -2.28. The fourth-order valence-corrected chi connectivity index (χ4v) is 3.17. The van der Waals surface area contributed by atoms with E-state index in [2.05, 4.69) is 5.32 Å². The quantitative estimate of drug-likeness (QED) is 0.882. The van der Waals surface area contributed by atoms with E-state index in [9.17, 15) is 9.18 Å². The Hall–Kier alpha value is -1.42. The van der Waals surface area contributed by atoms with Gasteiger partial charge >= 0.3 is 0 Å². The van der Waals surface area contributed by atoms with Crippen molar-refractivity contribution in [2.75, 3.05) is 25.0 Å². The summed E-state index contributed by atoms with van der Waals surface area (Å²) in [4.78, 5) is 13.1. The molecule has 0 aromatic heterocycles. The maximum absolute atomic E-state index is 14.1. The SMILES string of the molecule is CN1C(=O)Cc2cc(CC3CCNCC3)cc(F)c21. The van der Waals surface area contributed by atoms with Crippen LogP contribution in [0.2, 0.25) is 0 Å². The molecule has 1 fully saturated rings. The molecule has 2 heterocycles. The number of rotatable bonds is 2. The predicted molar refractivity (Wildman–Crippen MR) is 72.8 cm³/mol. The van der Waals surface area contributed by atoms with Crippen LogP contribution in [0.4, 0.5) is 10.1 Å². The summed E-state index contributed by atoms with van der Waals surface area (Å²) in [6.45, 7) is 2.11. The van der Waals surface area contributed by atoms with Gasteiger partial charge in [-0.25, -0.2) is 4.39 Å². The van der Waals surface area contributed by atoms with Gasteiger partial charge in [-0.3, -0.25) is 4.79 Å². The van der Waals surface area contributed by atoms with Gasteiger partial charge in [0, 0.05) is 7.05 Å². The van der Waals surface area contributed by atoms with Crippen LogP contribution < -0.4 is 10.2 Å². The molecular formula is C15H19FN2O. The summed E-state index contributed by atoms with van der Waals surface area (Å²) in [5, 5.41) is 3.34. The zero-order valence-electron chi connectivity index (χ0n) is 11.2. The van der Waals surface area contributed by atoms with Crippen LogP contribution >= 0.6 is 0 Å². The van der Waals surface area contributed by atoms with E-state index < -0.39 is 0 Å². The number of nitrogens with one attached hydrogen (secondary N) is 1. The highest BCUT2D eigenvalue weighted by Crippen LogP contribution is 2.32. The molecule has 0 saturated carbocycles. The summed E-state index contributed by atoms with van der Waals surface area (Å²) in [6, 6.07) is 3.62. The van der Waals surface area contributed by atoms with Crippen molar-refractivity contribution in [2.45, 2.75) is 25.7 Å². The summed E-state index contributed by atoms with van der Waals surface area (Å²) in [6.07, 6.45) is 3.56. The molecule has 2 aliphatic rings. The normalized spacial score (nSPS) is 19.9. The molecule has 102 valence electrons. The van der Waals surface area contributed by atoms with Crippen molar-refractivity contribution in [1.82, 2.24) is 5.32 Å². The minimum atomic E-state index is -0.255. The molecule has 0 unspecified atom stereocenters. The monoisotopic (exact) mass is 262 g/mol. The van der Waals surface area contributed by atoms with Gasteiger partial charge in [-0.1, -0.05) is 6.07 Å². The first-order chi connectivity index (χ1) is 9.15. The lowest BCUT2D eigenvalue weighted by Gasteiger charge is -2.23. The second kappa shape index (κ2) is 4.93. The number of amides is 1. The maximum Gasteiger partial charge on any atom is 0.231 e. The fraction of sp³-hybridized carbons (Fsp3) is 0.533. The summed E-state index contributed by atoms with van der Waals surface area (Å²) in [5.74, 6) is 0.358. The molecule has 4 heteroatoms. The fourth-order valence-electron chi connectivity index (χ4n) is 3.17. The Labute approximate surface area is 112 Å². The Kier molecular flexibility index (Phi) is 3.27. The molecule has 2 aliphatic heterocycles. The molecular weight excluding hydrogens is 243 g/mol. The van der Waals surface area contributed by atoms with Crippen LogP contribution in [0.25, 0.3) is 0 Å². The summed E-state index contributed by atoms with van der Waals surface area (Å²) in [5.41, 5.74) is 2.35. The van der Waals surface area contributed by atoms with Gasteiger partial charge in [-0.15, -0.1) is 0 Å². The first-order valence-electron chi connectivity index (χ1n) is 6.93. The number of carbonyl (C=O) groups is 1. The number of likely N-dealkylation sites (N-methyl/N-ethyl adjacent to an activating group) is 1. The highest BCUT2D eigenvalue weighted by Gasteiger charge is 2.28. The van der Waals surface area contributed by atoms with Crippen LogP contribution in [0.15, 0.2) is 12.1 Å². The van der Waals surface area contributed by atoms with Crippen molar-refractivity contribution in [2.24, 2.45) is 5.92 Å². The number of hydrogen-bond acceptors (Lipinski definition) is 2. The van der Waals surface area contributed by atoms with Crippen LogP contribution in [0, 0.1) is 11.7 Å². The van der Waals surface area contributed by atoms with E-state index in [1.807, 2.05) is 6.07 Å². The Morgan fingerprint density at radius 1 is 1.37 bits per heavy atom. The Balaban J connectivity index is 1.83. The number of anilines is 1. The van der Waals surface area contributed by atoms with Crippen molar-refractivity contribution in [1.29, 1.82) is 0 Å². The average Bonchev–Trinajstić information content (AvgIpc) is 2.66. The van der Waals surface area contributed by atoms with Crippen molar-refractivity contribution >= 4 is 11.6 Å². The van der Waals surface area contributed by atoms with Crippen LogP contribution in [0.3, 0.4) is 0 Å². The topological polar surface area (TPSA) is 32.3 Å². The minimum absolute atomic E-state index is 0.0204. The molecule has 3 nitrogen and oxygen atoms in total. The van der Waals surface area contributed by atoms with E-state index in [1.165, 1.54) is 4.90 Å². The average molecular weight is 262 g/mol. The van der Waals surface area contributed by atoms with Crippen molar-refractivity contribution in [3.8, 4) is 0 Å². The van der Waals surface area contributed by atoms with E-state index in [0.717, 1.165) is 43.5 Å². The number of hydrogen-bond donors (Lipinski definition) is 1. The standard InChI is InChI=1S/C15H19FN2O/c1-18-14(19)9-12-7-11(8-13(16)15(12)18)6-10-2-4-17-5-3-10/h7-8,10,17H,2-6,9H2,1H3. The Bertz CT molecular complexity index is 509. The molecule has 3 rings (SSSR count). The predicted octanol–water partition coefficient (Wildman–Crippen LogP) is 1.89. The number of piperidine rings is 1. The molecule has 0 radical (unpaired) electrons. The minimum Gasteiger partial charge on any atom is -0.317 e. The molecule has 0 spiro atoms. The van der Waals surface area contributed by atoms with E-state index in [1.54, 1.807) is 13.1 Å². The van der Waals surface area contributed by atoms with Gasteiger partial charge in [0.15, 0.2) is 0 Å². The highest BCUT2D eigenvalue weighted by molar-refractivity contribution is 6.01. The molecule has 19 heavy (non-hydrogen) atoms. The first-order valence-corrected chi connectivity index (χ1v) is 6.93. The van der Waals surface area contributed by atoms with Crippen molar-refractivity contribution in [3.63, 3.8) is 0 Å². The molecule has 1 N–H and O–H groups in total. The van der Waals surface area contributed by atoms with Crippen molar-refractivity contribution in [3.05, 3.63) is 29.1 Å². The number of nitrogens with zero attached hydrogens (tertiary/aromatic N) is 1. The van der Waals surface area contributed by atoms with Gasteiger partial charge < -0.3 is 10.2 Å². The van der Waals surface area contributed by atoms with Gasteiger partial charge in [-0.05, 0) is 55.5 Å². The summed E-state index contributed by atoms with van der Waals surface area (Å²) in [7, 11) is 1.64. The maximum atomic E-state index is 14.1. The van der Waals surface area contributed by atoms with Crippen LogP contribution in [0.5, 0.6) is 0 Å².